The Kier molecular flexibility index (Phi) is 3.09. The van der Waals surface area contributed by atoms with Crippen molar-refractivity contribution in [3.05, 3.63) is 29.6 Å². The van der Waals surface area contributed by atoms with Crippen LogP contribution in [0, 0.1) is 6.92 Å². The van der Waals surface area contributed by atoms with Crippen molar-refractivity contribution in [2.75, 3.05) is 5.73 Å². The Bertz CT molecular complexity index is 494. The van der Waals surface area contributed by atoms with Crippen molar-refractivity contribution in [1.82, 2.24) is 19.7 Å². The Balaban J connectivity index is 2.08. The molecular formula is C10H13N5S. The minimum absolute atomic E-state index is 0.431. The third-order valence-electron chi connectivity index (χ3n) is 2.32. The number of nitrogens with zero attached hydrogens (tertiary/aromatic N) is 4. The summed E-state index contributed by atoms with van der Waals surface area (Å²) in [6, 6.07) is 3.98. The van der Waals surface area contributed by atoms with Crippen molar-refractivity contribution >= 4 is 17.7 Å². The van der Waals surface area contributed by atoms with Crippen LogP contribution in [0.5, 0.6) is 0 Å². The van der Waals surface area contributed by atoms with Gasteiger partial charge >= 0.3 is 0 Å². The highest BCUT2D eigenvalue weighted by Crippen LogP contribution is 2.21. The molecule has 0 aliphatic carbocycles. The molecule has 0 unspecified atom stereocenters. The molecule has 2 N–H and O–H groups in total. The average Bonchev–Trinajstić information content (AvgIpc) is 2.59. The van der Waals surface area contributed by atoms with Gasteiger partial charge < -0.3 is 5.73 Å². The smallest absolute Gasteiger partial charge is 0.222 e. The van der Waals surface area contributed by atoms with E-state index in [-0.39, 0.29) is 0 Å². The van der Waals surface area contributed by atoms with Crippen LogP contribution in [0.2, 0.25) is 0 Å². The van der Waals surface area contributed by atoms with E-state index in [4.69, 9.17) is 5.73 Å². The third kappa shape index (κ3) is 2.16. The van der Waals surface area contributed by atoms with Crippen molar-refractivity contribution in [2.24, 2.45) is 7.05 Å². The summed E-state index contributed by atoms with van der Waals surface area (Å²) in [6.45, 7) is 2.05. The highest BCUT2D eigenvalue weighted by molar-refractivity contribution is 7.98. The van der Waals surface area contributed by atoms with Crippen molar-refractivity contribution in [2.45, 2.75) is 17.8 Å². The molecule has 6 heteroatoms. The molecule has 0 amide bonds. The Morgan fingerprint density at radius 2 is 2.25 bits per heavy atom. The first-order chi connectivity index (χ1) is 7.68. The van der Waals surface area contributed by atoms with Gasteiger partial charge in [-0.3, -0.25) is 9.55 Å². The zero-order valence-electron chi connectivity index (χ0n) is 9.21. The van der Waals surface area contributed by atoms with Crippen LogP contribution in [-0.4, -0.2) is 19.7 Å². The first-order valence-corrected chi connectivity index (χ1v) is 5.85. The summed E-state index contributed by atoms with van der Waals surface area (Å²) in [5, 5.41) is 8.59. The number of nitrogen functional groups attached to an aromatic ring is 1. The number of hydrogen-bond acceptors (Lipinski definition) is 5. The first-order valence-electron chi connectivity index (χ1n) is 4.86. The van der Waals surface area contributed by atoms with Crippen LogP contribution in [-0.2, 0) is 12.8 Å². The van der Waals surface area contributed by atoms with Gasteiger partial charge in [0.1, 0.15) is 0 Å². The molecular weight excluding hydrogens is 222 g/mol. The summed E-state index contributed by atoms with van der Waals surface area (Å²) < 4.78 is 1.77. The van der Waals surface area contributed by atoms with E-state index in [1.54, 1.807) is 22.5 Å². The second-order valence-corrected chi connectivity index (χ2v) is 4.40. The van der Waals surface area contributed by atoms with Crippen LogP contribution < -0.4 is 5.73 Å². The monoisotopic (exact) mass is 235 g/mol. The molecule has 0 radical (unpaired) electrons. The van der Waals surface area contributed by atoms with E-state index in [1.807, 2.05) is 26.1 Å². The summed E-state index contributed by atoms with van der Waals surface area (Å²) >= 11 is 1.58. The van der Waals surface area contributed by atoms with Crippen LogP contribution in [0.4, 0.5) is 5.95 Å². The first kappa shape index (κ1) is 10.9. The second-order valence-electron chi connectivity index (χ2n) is 3.46. The zero-order chi connectivity index (χ0) is 11.5. The summed E-state index contributed by atoms with van der Waals surface area (Å²) in [6.07, 6.45) is 1.80. The Morgan fingerprint density at radius 3 is 2.88 bits per heavy atom. The average molecular weight is 235 g/mol. The molecule has 0 spiro atoms. The molecule has 16 heavy (non-hydrogen) atoms. The van der Waals surface area contributed by atoms with Gasteiger partial charge in [0.25, 0.3) is 0 Å². The number of aryl methyl sites for hydroxylation is 1. The van der Waals surface area contributed by atoms with Crippen LogP contribution >= 0.6 is 11.8 Å². The van der Waals surface area contributed by atoms with Gasteiger partial charge in [0.05, 0.1) is 5.69 Å². The SMILES string of the molecule is Cc1cccnc1CSc1nnc(N)n1C. The standard InChI is InChI=1S/C10H13N5S/c1-7-4-3-5-12-8(7)6-16-10-14-13-9(11)15(10)2/h3-5H,6H2,1-2H3,(H2,11,13). The van der Waals surface area contributed by atoms with Crippen molar-refractivity contribution in [3.8, 4) is 0 Å². The molecule has 0 aliphatic heterocycles. The normalized spacial score (nSPS) is 10.6. The lowest BCUT2D eigenvalue weighted by atomic mass is 10.2. The molecule has 2 rings (SSSR count). The third-order valence-corrected chi connectivity index (χ3v) is 3.36. The Labute approximate surface area is 98.1 Å². The molecule has 2 aromatic heterocycles. The van der Waals surface area contributed by atoms with Gasteiger partial charge in [0.2, 0.25) is 5.95 Å². The van der Waals surface area contributed by atoms with Crippen LogP contribution in [0.1, 0.15) is 11.3 Å². The largest absolute Gasteiger partial charge is 0.368 e. The summed E-state index contributed by atoms with van der Waals surface area (Å²) in [4.78, 5) is 4.32. The highest BCUT2D eigenvalue weighted by Gasteiger charge is 2.07. The van der Waals surface area contributed by atoms with Crippen LogP contribution in [0.3, 0.4) is 0 Å². The molecule has 0 fully saturated rings. The zero-order valence-corrected chi connectivity index (χ0v) is 10.0. The highest BCUT2D eigenvalue weighted by atomic mass is 32.2. The number of rotatable bonds is 3. The second kappa shape index (κ2) is 4.52. The van der Waals surface area contributed by atoms with Crippen molar-refractivity contribution < 1.29 is 0 Å². The van der Waals surface area contributed by atoms with Gasteiger partial charge in [-0.1, -0.05) is 17.8 Å². The summed E-state index contributed by atoms with van der Waals surface area (Å²) in [5.41, 5.74) is 7.85. The quantitative estimate of drug-likeness (QED) is 0.814. The molecule has 2 aromatic rings. The fourth-order valence-corrected chi connectivity index (χ4v) is 2.21. The molecule has 2 heterocycles. The van der Waals surface area contributed by atoms with Gasteiger partial charge in [-0.05, 0) is 18.6 Å². The molecule has 0 saturated heterocycles. The van der Waals surface area contributed by atoms with Crippen LogP contribution in [0.15, 0.2) is 23.5 Å². The summed E-state index contributed by atoms with van der Waals surface area (Å²) in [7, 11) is 1.85. The maximum atomic E-state index is 5.60. The van der Waals surface area contributed by atoms with Crippen molar-refractivity contribution in [3.63, 3.8) is 0 Å². The van der Waals surface area contributed by atoms with Gasteiger partial charge in [0, 0.05) is 19.0 Å². The number of thioether (sulfide) groups is 1. The molecule has 0 aromatic carbocycles. The fourth-order valence-electron chi connectivity index (χ4n) is 1.25. The Hall–Kier alpha value is -1.56. The van der Waals surface area contributed by atoms with E-state index >= 15 is 0 Å². The number of hydrogen-bond donors (Lipinski definition) is 1. The minimum atomic E-state index is 0.431. The van der Waals surface area contributed by atoms with Gasteiger partial charge in [0.15, 0.2) is 5.16 Å². The van der Waals surface area contributed by atoms with Crippen molar-refractivity contribution in [1.29, 1.82) is 0 Å². The molecule has 84 valence electrons. The van der Waals surface area contributed by atoms with E-state index in [1.165, 1.54) is 5.56 Å². The van der Waals surface area contributed by atoms with E-state index in [0.717, 1.165) is 16.6 Å². The minimum Gasteiger partial charge on any atom is -0.368 e. The van der Waals surface area contributed by atoms with E-state index in [9.17, 15) is 0 Å². The van der Waals surface area contributed by atoms with Gasteiger partial charge in [-0.2, -0.15) is 0 Å². The van der Waals surface area contributed by atoms with Gasteiger partial charge in [-0.25, -0.2) is 0 Å². The molecule has 0 atom stereocenters. The maximum absolute atomic E-state index is 5.60. The lowest BCUT2D eigenvalue weighted by Gasteiger charge is -2.03. The lowest BCUT2D eigenvalue weighted by Crippen LogP contribution is -1.98. The van der Waals surface area contributed by atoms with Crippen LogP contribution in [0.25, 0.3) is 0 Å². The number of anilines is 1. The molecule has 0 saturated carbocycles. The number of pyridine rings is 1. The van der Waals surface area contributed by atoms with Gasteiger partial charge in [-0.15, -0.1) is 10.2 Å². The van der Waals surface area contributed by atoms with E-state index < -0.39 is 0 Å². The number of aromatic nitrogens is 4. The number of nitrogens with two attached hydrogens (primary N) is 1. The molecule has 5 nitrogen and oxygen atoms in total. The molecule has 0 aliphatic rings. The maximum Gasteiger partial charge on any atom is 0.222 e. The predicted octanol–water partition coefficient (Wildman–Crippen LogP) is 1.39. The Morgan fingerprint density at radius 1 is 1.44 bits per heavy atom. The van der Waals surface area contributed by atoms with E-state index in [2.05, 4.69) is 15.2 Å². The predicted molar refractivity (Wildman–Crippen MR) is 64.0 cm³/mol. The lowest BCUT2D eigenvalue weighted by molar-refractivity contribution is 0.795. The topological polar surface area (TPSA) is 69.6 Å². The van der Waals surface area contributed by atoms with E-state index in [0.29, 0.717) is 5.95 Å². The fraction of sp³-hybridized carbons (Fsp3) is 0.300. The summed E-state index contributed by atoms with van der Waals surface area (Å²) in [5.74, 6) is 1.21. The molecule has 0 bridgehead atoms.